The first-order valence-corrected chi connectivity index (χ1v) is 23.8. The van der Waals surface area contributed by atoms with Crippen molar-refractivity contribution in [1.29, 1.82) is 0 Å². The molecule has 0 radical (unpaired) electrons. The standard InChI is InChI=1S/C48H89NO9/c1-3-5-7-9-11-13-15-17-18-19-20-21-22-23-25-27-29-31-33-35-37-42(52)47(56)49-40(39-57-48-46(55)45(54)44(53)43(38-50)58-48)41(51)36-34-32-30-28-26-24-16-14-12-10-8-6-4-2/h14,16-18,34,36,40-46,48,50-55H,3-13,15,19-33,35,37-39H2,1-2H3,(H,49,56)/b16-14+,18-17-,36-34+/t40-,41+,42+,43?,44+,45?,46?,48+/m0/s1. The zero-order valence-electron chi connectivity index (χ0n) is 36.9. The SMILES string of the molecule is CCCCCC/C=C/CCCCC/C=C/[C@@H](O)[C@H](CO[C@@H]1OC(CO)[C@@H](O)C(O)C1O)NC(=O)[C@H](O)CCCCCCCCCCCC/C=C\CCCCCCCC. The van der Waals surface area contributed by atoms with Crippen LogP contribution in [-0.4, -0.2) is 98.7 Å². The fourth-order valence-electron chi connectivity index (χ4n) is 7.33. The first-order valence-electron chi connectivity index (χ1n) is 23.8. The Labute approximate surface area is 354 Å². The van der Waals surface area contributed by atoms with Gasteiger partial charge in [0.2, 0.25) is 5.91 Å². The van der Waals surface area contributed by atoms with E-state index in [2.05, 4.69) is 43.5 Å². The Morgan fingerprint density at radius 2 is 1.00 bits per heavy atom. The minimum Gasteiger partial charge on any atom is -0.394 e. The van der Waals surface area contributed by atoms with Crippen molar-refractivity contribution in [2.75, 3.05) is 13.2 Å². The van der Waals surface area contributed by atoms with Gasteiger partial charge in [0.05, 0.1) is 25.4 Å². The van der Waals surface area contributed by atoms with Crippen LogP contribution in [-0.2, 0) is 14.3 Å². The summed E-state index contributed by atoms with van der Waals surface area (Å²) in [6, 6.07) is -0.986. The van der Waals surface area contributed by atoms with Crippen LogP contribution in [0.1, 0.15) is 200 Å². The van der Waals surface area contributed by atoms with Crippen LogP contribution in [0.2, 0.25) is 0 Å². The second-order valence-electron chi connectivity index (χ2n) is 16.7. The highest BCUT2D eigenvalue weighted by Gasteiger charge is 2.44. The van der Waals surface area contributed by atoms with Crippen molar-refractivity contribution >= 4 is 5.91 Å². The molecule has 3 unspecified atom stereocenters. The maximum atomic E-state index is 13.0. The summed E-state index contributed by atoms with van der Waals surface area (Å²) in [7, 11) is 0. The number of aliphatic hydroxyl groups excluding tert-OH is 6. The molecule has 0 aromatic heterocycles. The van der Waals surface area contributed by atoms with Crippen LogP contribution in [0.4, 0.5) is 0 Å². The number of amides is 1. The largest absolute Gasteiger partial charge is 0.394 e. The molecule has 0 aromatic carbocycles. The third-order valence-corrected chi connectivity index (χ3v) is 11.3. The Hall–Kier alpha value is -1.63. The predicted octanol–water partition coefficient (Wildman–Crippen LogP) is 9.03. The fraction of sp³-hybridized carbons (Fsp3) is 0.854. The van der Waals surface area contributed by atoms with Crippen LogP contribution < -0.4 is 5.32 Å². The summed E-state index contributed by atoms with van der Waals surface area (Å²) in [5.74, 6) is -0.624. The molecule has 10 heteroatoms. The number of ether oxygens (including phenoxy) is 2. The fourth-order valence-corrected chi connectivity index (χ4v) is 7.33. The molecule has 0 saturated carbocycles. The van der Waals surface area contributed by atoms with Gasteiger partial charge >= 0.3 is 0 Å². The van der Waals surface area contributed by atoms with Gasteiger partial charge in [-0.2, -0.15) is 0 Å². The molecular weight excluding hydrogens is 735 g/mol. The monoisotopic (exact) mass is 824 g/mol. The third kappa shape index (κ3) is 28.0. The van der Waals surface area contributed by atoms with Crippen LogP contribution in [0.25, 0.3) is 0 Å². The number of carbonyl (C=O) groups excluding carboxylic acids is 1. The van der Waals surface area contributed by atoms with E-state index in [1.54, 1.807) is 6.08 Å². The number of aliphatic hydroxyl groups is 6. The lowest BCUT2D eigenvalue weighted by molar-refractivity contribution is -0.302. The van der Waals surface area contributed by atoms with Gasteiger partial charge in [-0.15, -0.1) is 0 Å². The number of rotatable bonds is 39. The maximum Gasteiger partial charge on any atom is 0.249 e. The number of carbonyl (C=O) groups is 1. The van der Waals surface area contributed by atoms with Gasteiger partial charge in [0.15, 0.2) is 6.29 Å². The van der Waals surface area contributed by atoms with Crippen LogP contribution in [0.3, 0.4) is 0 Å². The molecule has 1 heterocycles. The summed E-state index contributed by atoms with van der Waals surface area (Å²) >= 11 is 0. The Morgan fingerprint density at radius 1 is 0.586 bits per heavy atom. The zero-order valence-corrected chi connectivity index (χ0v) is 36.9. The van der Waals surface area contributed by atoms with Crippen LogP contribution in [0.5, 0.6) is 0 Å². The molecule has 58 heavy (non-hydrogen) atoms. The van der Waals surface area contributed by atoms with E-state index in [1.165, 1.54) is 116 Å². The second kappa shape index (κ2) is 38.3. The molecule has 0 spiro atoms. The molecule has 0 aromatic rings. The normalized spacial score (nSPS) is 21.7. The lowest BCUT2D eigenvalue weighted by Crippen LogP contribution is -2.60. The molecule has 0 aliphatic carbocycles. The molecule has 8 atom stereocenters. The Balaban J connectivity index is 2.37. The van der Waals surface area contributed by atoms with E-state index in [0.29, 0.717) is 12.8 Å². The molecule has 10 nitrogen and oxygen atoms in total. The van der Waals surface area contributed by atoms with Gasteiger partial charge in [-0.1, -0.05) is 166 Å². The summed E-state index contributed by atoms with van der Waals surface area (Å²) in [5.41, 5.74) is 0. The Kier molecular flexibility index (Phi) is 35.9. The molecule has 340 valence electrons. The Morgan fingerprint density at radius 3 is 1.48 bits per heavy atom. The molecule has 0 bridgehead atoms. The molecule has 1 rings (SSSR count). The van der Waals surface area contributed by atoms with Crippen LogP contribution >= 0.6 is 0 Å². The van der Waals surface area contributed by atoms with E-state index >= 15 is 0 Å². The number of hydrogen-bond donors (Lipinski definition) is 7. The van der Waals surface area contributed by atoms with Crippen LogP contribution in [0.15, 0.2) is 36.5 Å². The second-order valence-corrected chi connectivity index (χ2v) is 16.7. The quantitative estimate of drug-likeness (QED) is 0.0236. The average molecular weight is 824 g/mol. The van der Waals surface area contributed by atoms with E-state index < -0.39 is 61.5 Å². The van der Waals surface area contributed by atoms with Gasteiger partial charge in [0.25, 0.3) is 0 Å². The number of allylic oxidation sites excluding steroid dienone is 5. The summed E-state index contributed by atoms with van der Waals surface area (Å²) in [4.78, 5) is 13.0. The summed E-state index contributed by atoms with van der Waals surface area (Å²) in [5, 5.41) is 64.6. The van der Waals surface area contributed by atoms with Crippen molar-refractivity contribution in [2.24, 2.45) is 0 Å². The van der Waals surface area contributed by atoms with Gasteiger partial charge in [-0.3, -0.25) is 4.79 Å². The minimum atomic E-state index is -1.61. The highest BCUT2D eigenvalue weighted by molar-refractivity contribution is 5.80. The molecule has 1 aliphatic heterocycles. The van der Waals surface area contributed by atoms with Crippen molar-refractivity contribution in [2.45, 2.75) is 249 Å². The van der Waals surface area contributed by atoms with Crippen molar-refractivity contribution in [3.8, 4) is 0 Å². The van der Waals surface area contributed by atoms with E-state index in [-0.39, 0.29) is 6.61 Å². The topological polar surface area (TPSA) is 169 Å². The van der Waals surface area contributed by atoms with Gasteiger partial charge in [0.1, 0.15) is 30.5 Å². The van der Waals surface area contributed by atoms with Gasteiger partial charge in [-0.05, 0) is 70.6 Å². The van der Waals surface area contributed by atoms with Gasteiger partial charge < -0.3 is 45.4 Å². The molecule has 1 fully saturated rings. The molecule has 7 N–H and O–H groups in total. The Bertz CT molecular complexity index is 1020. The minimum absolute atomic E-state index is 0.305. The molecule has 1 saturated heterocycles. The highest BCUT2D eigenvalue weighted by Crippen LogP contribution is 2.23. The van der Waals surface area contributed by atoms with E-state index in [1.807, 2.05) is 6.08 Å². The highest BCUT2D eigenvalue weighted by atomic mass is 16.7. The molecule has 1 amide bonds. The van der Waals surface area contributed by atoms with Crippen molar-refractivity contribution in [1.82, 2.24) is 5.32 Å². The van der Waals surface area contributed by atoms with Crippen molar-refractivity contribution < 1.29 is 44.9 Å². The maximum absolute atomic E-state index is 13.0. The van der Waals surface area contributed by atoms with Gasteiger partial charge in [0, 0.05) is 0 Å². The first-order chi connectivity index (χ1) is 28.3. The van der Waals surface area contributed by atoms with E-state index in [9.17, 15) is 35.4 Å². The summed E-state index contributed by atoms with van der Waals surface area (Å²) < 4.78 is 11.1. The van der Waals surface area contributed by atoms with Gasteiger partial charge in [-0.25, -0.2) is 0 Å². The number of nitrogens with one attached hydrogen (secondary N) is 1. The van der Waals surface area contributed by atoms with E-state index in [4.69, 9.17) is 9.47 Å². The summed E-state index contributed by atoms with van der Waals surface area (Å²) in [6.07, 6.45) is 36.6. The first kappa shape index (κ1) is 54.4. The molecular formula is C48H89NO9. The predicted molar refractivity (Wildman–Crippen MR) is 236 cm³/mol. The van der Waals surface area contributed by atoms with Crippen LogP contribution in [0, 0.1) is 0 Å². The lowest BCUT2D eigenvalue weighted by Gasteiger charge is -2.40. The lowest BCUT2D eigenvalue weighted by atomic mass is 9.99. The average Bonchev–Trinajstić information content (AvgIpc) is 3.22. The van der Waals surface area contributed by atoms with E-state index in [0.717, 1.165) is 57.8 Å². The van der Waals surface area contributed by atoms with Crippen molar-refractivity contribution in [3.05, 3.63) is 36.5 Å². The number of hydrogen-bond acceptors (Lipinski definition) is 9. The zero-order chi connectivity index (χ0) is 42.5. The van der Waals surface area contributed by atoms with Crippen molar-refractivity contribution in [3.63, 3.8) is 0 Å². The number of unbranched alkanes of at least 4 members (excludes halogenated alkanes) is 24. The third-order valence-electron chi connectivity index (χ3n) is 11.3. The molecule has 1 aliphatic rings. The summed E-state index contributed by atoms with van der Waals surface area (Å²) in [6.45, 7) is 3.57. The smallest absolute Gasteiger partial charge is 0.249 e.